The number of carbonyl (C=O) groups is 1. The Balaban J connectivity index is 2.55. The number of rotatable bonds is 5. The van der Waals surface area contributed by atoms with Crippen molar-refractivity contribution in [2.75, 3.05) is 7.11 Å². The standard InChI is InChI=1S/C14H14F2N2O4/c1-7-11(13(19)20)17-18(2)12(7)9-5-4-8(22-14(15)16)6-10(9)21-3/h4-6,14H,1-3H3,(H,19,20). The molecule has 0 saturated carbocycles. The highest BCUT2D eigenvalue weighted by atomic mass is 19.3. The summed E-state index contributed by atoms with van der Waals surface area (Å²) in [6.45, 7) is -1.32. The Bertz CT molecular complexity index is 713. The molecule has 0 aliphatic carbocycles. The molecule has 1 N–H and O–H groups in total. The Kier molecular flexibility index (Phi) is 4.30. The number of ether oxygens (including phenoxy) is 2. The van der Waals surface area contributed by atoms with E-state index in [0.717, 1.165) is 0 Å². The fourth-order valence-electron chi connectivity index (χ4n) is 2.25. The average Bonchev–Trinajstić information content (AvgIpc) is 2.74. The quantitative estimate of drug-likeness (QED) is 0.919. The lowest BCUT2D eigenvalue weighted by atomic mass is 10.1. The van der Waals surface area contributed by atoms with Crippen molar-refractivity contribution in [3.63, 3.8) is 0 Å². The number of nitrogens with zero attached hydrogens (tertiary/aromatic N) is 2. The van der Waals surface area contributed by atoms with Crippen LogP contribution in [-0.2, 0) is 7.05 Å². The summed E-state index contributed by atoms with van der Waals surface area (Å²) in [4.78, 5) is 11.1. The molecule has 0 aliphatic rings. The predicted octanol–water partition coefficient (Wildman–Crippen LogP) is 2.70. The number of aromatic nitrogens is 2. The molecule has 2 rings (SSSR count). The maximum atomic E-state index is 12.3. The van der Waals surface area contributed by atoms with Crippen LogP contribution in [0.25, 0.3) is 11.3 Å². The zero-order valence-corrected chi connectivity index (χ0v) is 12.1. The van der Waals surface area contributed by atoms with Gasteiger partial charge in [0, 0.05) is 24.2 Å². The number of benzene rings is 1. The molecule has 1 heterocycles. The van der Waals surface area contributed by atoms with E-state index >= 15 is 0 Å². The monoisotopic (exact) mass is 312 g/mol. The maximum absolute atomic E-state index is 12.3. The molecule has 0 radical (unpaired) electrons. The third-order valence-electron chi connectivity index (χ3n) is 3.14. The minimum absolute atomic E-state index is 0.0473. The number of hydrogen-bond donors (Lipinski definition) is 1. The molecular weight excluding hydrogens is 298 g/mol. The highest BCUT2D eigenvalue weighted by Crippen LogP contribution is 2.36. The molecule has 118 valence electrons. The maximum Gasteiger partial charge on any atom is 0.387 e. The molecule has 0 amide bonds. The Morgan fingerprint density at radius 1 is 1.41 bits per heavy atom. The van der Waals surface area contributed by atoms with Crippen LogP contribution in [0.1, 0.15) is 16.1 Å². The first-order chi connectivity index (χ1) is 10.3. The van der Waals surface area contributed by atoms with Gasteiger partial charge in [-0.15, -0.1) is 0 Å². The molecular formula is C14H14F2N2O4. The largest absolute Gasteiger partial charge is 0.496 e. The van der Waals surface area contributed by atoms with Crippen molar-refractivity contribution in [1.82, 2.24) is 9.78 Å². The van der Waals surface area contributed by atoms with E-state index in [0.29, 0.717) is 16.8 Å². The summed E-state index contributed by atoms with van der Waals surface area (Å²) >= 11 is 0. The minimum Gasteiger partial charge on any atom is -0.496 e. The van der Waals surface area contributed by atoms with Crippen LogP contribution < -0.4 is 9.47 Å². The molecule has 0 aliphatic heterocycles. The van der Waals surface area contributed by atoms with Gasteiger partial charge < -0.3 is 14.6 Å². The Labute approximate surface area is 124 Å². The van der Waals surface area contributed by atoms with Crippen LogP contribution in [0.3, 0.4) is 0 Å². The van der Waals surface area contributed by atoms with E-state index < -0.39 is 12.6 Å². The van der Waals surface area contributed by atoms with Gasteiger partial charge in [0.2, 0.25) is 0 Å². The fraction of sp³-hybridized carbons (Fsp3) is 0.286. The second-order valence-corrected chi connectivity index (χ2v) is 4.49. The lowest BCUT2D eigenvalue weighted by Gasteiger charge is -2.12. The lowest BCUT2D eigenvalue weighted by molar-refractivity contribution is -0.0499. The average molecular weight is 312 g/mol. The number of methoxy groups -OCH3 is 1. The summed E-state index contributed by atoms with van der Waals surface area (Å²) in [6.07, 6.45) is 0. The molecule has 6 nitrogen and oxygen atoms in total. The Hall–Kier alpha value is -2.64. The van der Waals surface area contributed by atoms with E-state index in [9.17, 15) is 13.6 Å². The van der Waals surface area contributed by atoms with Gasteiger partial charge in [0.15, 0.2) is 5.69 Å². The third-order valence-corrected chi connectivity index (χ3v) is 3.14. The summed E-state index contributed by atoms with van der Waals surface area (Å²) in [7, 11) is 2.98. The number of carboxylic acid groups (broad SMARTS) is 1. The van der Waals surface area contributed by atoms with E-state index in [1.807, 2.05) is 0 Å². The van der Waals surface area contributed by atoms with Crippen LogP contribution in [0.5, 0.6) is 11.5 Å². The molecule has 22 heavy (non-hydrogen) atoms. The van der Waals surface area contributed by atoms with Crippen LogP contribution >= 0.6 is 0 Å². The number of halogens is 2. The van der Waals surface area contributed by atoms with Gasteiger partial charge in [-0.3, -0.25) is 4.68 Å². The van der Waals surface area contributed by atoms with Crippen LogP contribution in [0.15, 0.2) is 18.2 Å². The van der Waals surface area contributed by atoms with Gasteiger partial charge in [0.05, 0.1) is 12.8 Å². The van der Waals surface area contributed by atoms with Gasteiger partial charge in [-0.05, 0) is 19.1 Å². The van der Waals surface area contributed by atoms with Gasteiger partial charge in [-0.1, -0.05) is 0 Å². The molecule has 2 aromatic rings. The highest BCUT2D eigenvalue weighted by Gasteiger charge is 2.21. The number of carboxylic acids is 1. The molecule has 8 heteroatoms. The first kappa shape index (κ1) is 15.7. The molecule has 1 aromatic carbocycles. The molecule has 0 saturated heterocycles. The number of aromatic carboxylic acids is 1. The first-order valence-corrected chi connectivity index (χ1v) is 6.25. The van der Waals surface area contributed by atoms with E-state index in [4.69, 9.17) is 9.84 Å². The summed E-state index contributed by atoms with van der Waals surface area (Å²) in [5.41, 5.74) is 1.44. The van der Waals surface area contributed by atoms with E-state index in [-0.39, 0.29) is 17.2 Å². The van der Waals surface area contributed by atoms with Gasteiger partial charge in [0.1, 0.15) is 11.5 Å². The normalized spacial score (nSPS) is 10.8. The van der Waals surface area contributed by atoms with Crippen LogP contribution in [-0.4, -0.2) is 34.6 Å². The molecule has 0 fully saturated rings. The van der Waals surface area contributed by atoms with E-state index in [1.165, 1.54) is 30.0 Å². The van der Waals surface area contributed by atoms with Crippen LogP contribution in [0.4, 0.5) is 8.78 Å². The molecule has 0 unspecified atom stereocenters. The van der Waals surface area contributed by atoms with Gasteiger partial charge in [0.25, 0.3) is 0 Å². The number of alkyl halides is 2. The van der Waals surface area contributed by atoms with Crippen molar-refractivity contribution in [3.8, 4) is 22.8 Å². The van der Waals surface area contributed by atoms with E-state index in [2.05, 4.69) is 9.84 Å². The second kappa shape index (κ2) is 6.00. The van der Waals surface area contributed by atoms with Crippen LogP contribution in [0, 0.1) is 6.92 Å². The smallest absolute Gasteiger partial charge is 0.387 e. The van der Waals surface area contributed by atoms with Gasteiger partial charge >= 0.3 is 12.6 Å². The number of aryl methyl sites for hydroxylation is 1. The minimum atomic E-state index is -2.94. The lowest BCUT2D eigenvalue weighted by Crippen LogP contribution is -2.03. The third kappa shape index (κ3) is 2.85. The predicted molar refractivity (Wildman–Crippen MR) is 73.5 cm³/mol. The second-order valence-electron chi connectivity index (χ2n) is 4.49. The van der Waals surface area contributed by atoms with Crippen LogP contribution in [0.2, 0.25) is 0 Å². The van der Waals surface area contributed by atoms with Crippen molar-refractivity contribution < 1.29 is 28.2 Å². The highest BCUT2D eigenvalue weighted by molar-refractivity contribution is 5.90. The SMILES string of the molecule is COc1cc(OC(F)F)ccc1-c1c(C)c(C(=O)O)nn1C. The summed E-state index contributed by atoms with van der Waals surface area (Å²) in [5, 5.41) is 13.1. The Morgan fingerprint density at radius 3 is 2.59 bits per heavy atom. The van der Waals surface area contributed by atoms with Crippen molar-refractivity contribution in [1.29, 1.82) is 0 Å². The van der Waals surface area contributed by atoms with Crippen molar-refractivity contribution in [3.05, 3.63) is 29.5 Å². The number of hydrogen-bond acceptors (Lipinski definition) is 4. The summed E-state index contributed by atoms with van der Waals surface area (Å²) < 4.78 is 35.4. The Morgan fingerprint density at radius 2 is 2.09 bits per heavy atom. The van der Waals surface area contributed by atoms with Crippen molar-refractivity contribution in [2.24, 2.45) is 7.05 Å². The molecule has 0 spiro atoms. The molecule has 1 aromatic heterocycles. The summed E-state index contributed by atoms with van der Waals surface area (Å²) in [5.74, 6) is -0.911. The first-order valence-electron chi connectivity index (χ1n) is 6.25. The van der Waals surface area contributed by atoms with Crippen molar-refractivity contribution in [2.45, 2.75) is 13.5 Å². The zero-order chi connectivity index (χ0) is 16.4. The van der Waals surface area contributed by atoms with E-state index in [1.54, 1.807) is 14.0 Å². The van der Waals surface area contributed by atoms with Gasteiger partial charge in [-0.2, -0.15) is 13.9 Å². The molecule has 0 atom stereocenters. The van der Waals surface area contributed by atoms with Crippen molar-refractivity contribution >= 4 is 5.97 Å². The fourth-order valence-corrected chi connectivity index (χ4v) is 2.25. The molecule has 0 bridgehead atoms. The summed E-state index contributed by atoms with van der Waals surface area (Å²) in [6, 6.07) is 4.19. The van der Waals surface area contributed by atoms with Gasteiger partial charge in [-0.25, -0.2) is 4.79 Å². The zero-order valence-electron chi connectivity index (χ0n) is 12.1. The topological polar surface area (TPSA) is 73.6 Å².